The lowest BCUT2D eigenvalue weighted by atomic mass is 9.80. The van der Waals surface area contributed by atoms with E-state index in [9.17, 15) is 23.1 Å². The van der Waals surface area contributed by atoms with Gasteiger partial charge in [0.25, 0.3) is 0 Å². The number of rotatable bonds is 10. The Morgan fingerprint density at radius 1 is 1.22 bits per heavy atom. The molecule has 0 bridgehead atoms. The van der Waals surface area contributed by atoms with E-state index in [1.165, 1.54) is 6.20 Å². The number of benzene rings is 1. The Labute approximate surface area is 183 Å². The second-order valence-corrected chi connectivity index (χ2v) is 8.35. The number of nitrogens with zero attached hydrogens (tertiary/aromatic N) is 2. The van der Waals surface area contributed by atoms with Crippen LogP contribution in [0.25, 0.3) is 10.9 Å². The molecule has 32 heavy (non-hydrogen) atoms. The van der Waals surface area contributed by atoms with Gasteiger partial charge in [-0.15, -0.1) is 5.10 Å². The van der Waals surface area contributed by atoms with Crippen molar-refractivity contribution in [2.24, 2.45) is 0 Å². The number of hydrogen-bond donors (Lipinski definition) is 2. The van der Waals surface area contributed by atoms with Crippen LogP contribution in [0.3, 0.4) is 0 Å². The Bertz CT molecular complexity index is 1040. The van der Waals surface area contributed by atoms with Crippen LogP contribution >= 0.6 is 0 Å². The van der Waals surface area contributed by atoms with Crippen molar-refractivity contribution in [2.75, 3.05) is 6.61 Å². The average molecular weight is 449 g/mol. The van der Waals surface area contributed by atoms with E-state index < -0.39 is 18.2 Å². The Morgan fingerprint density at radius 2 is 1.94 bits per heavy atom. The summed E-state index contributed by atoms with van der Waals surface area (Å²) in [6.07, 6.45) is -3.58. The van der Waals surface area contributed by atoms with Gasteiger partial charge in [0, 0.05) is 37.1 Å². The number of fused-ring (bicyclic) bond motifs is 1. The Morgan fingerprint density at radius 3 is 2.59 bits per heavy atom. The molecule has 9 heteroatoms. The number of ketones is 1. The number of aromatic amines is 1. The standard InChI is InChI=1S/C23H26F3N3O3/c1-22(2,31)19(15-7-4-3-5-8-15)13-17(30)11-16-12-20-18(14-27-16)21(29-28-20)32-10-6-9-23(24,25)26/h3-5,7-8,12,14,19,31H,6,9-11,13H2,1-2H3,(H,28,29)/t19-/m0/s1. The number of nitrogens with one attached hydrogen (secondary N) is 1. The molecule has 0 aliphatic carbocycles. The van der Waals surface area contributed by atoms with Crippen LogP contribution in [-0.4, -0.2) is 44.5 Å². The number of H-pyrrole nitrogens is 1. The second kappa shape index (κ2) is 9.68. The summed E-state index contributed by atoms with van der Waals surface area (Å²) >= 11 is 0. The fourth-order valence-corrected chi connectivity index (χ4v) is 3.54. The molecule has 0 aliphatic rings. The molecule has 6 nitrogen and oxygen atoms in total. The Kier molecular flexibility index (Phi) is 7.18. The Balaban J connectivity index is 1.64. The number of ether oxygens (including phenoxy) is 1. The van der Waals surface area contributed by atoms with E-state index in [1.54, 1.807) is 19.9 Å². The number of alkyl halides is 3. The largest absolute Gasteiger partial charge is 0.476 e. The zero-order chi connectivity index (χ0) is 23.4. The van der Waals surface area contributed by atoms with E-state index in [-0.39, 0.29) is 43.5 Å². The predicted molar refractivity (Wildman–Crippen MR) is 113 cm³/mol. The first-order valence-electron chi connectivity index (χ1n) is 10.3. The molecule has 0 amide bonds. The molecule has 172 valence electrons. The minimum Gasteiger partial charge on any atom is -0.476 e. The average Bonchev–Trinajstić information content (AvgIpc) is 3.11. The highest BCUT2D eigenvalue weighted by Crippen LogP contribution is 2.32. The lowest BCUT2D eigenvalue weighted by Gasteiger charge is -2.29. The molecule has 0 saturated heterocycles. The number of aliphatic hydroxyl groups is 1. The summed E-state index contributed by atoms with van der Waals surface area (Å²) in [6, 6.07) is 11.1. The molecule has 0 saturated carbocycles. The minimum atomic E-state index is -4.22. The van der Waals surface area contributed by atoms with E-state index in [0.717, 1.165) is 5.56 Å². The van der Waals surface area contributed by atoms with E-state index in [4.69, 9.17) is 4.74 Å². The first-order chi connectivity index (χ1) is 15.0. The summed E-state index contributed by atoms with van der Waals surface area (Å²) in [5.74, 6) is -0.251. The summed E-state index contributed by atoms with van der Waals surface area (Å²) in [5.41, 5.74) is 0.918. The number of Topliss-reactive ketones (excluding diaryl/α,β-unsaturated/α-hetero) is 1. The van der Waals surface area contributed by atoms with E-state index in [2.05, 4.69) is 15.2 Å². The van der Waals surface area contributed by atoms with Gasteiger partial charge in [-0.2, -0.15) is 13.2 Å². The molecule has 2 N–H and O–H groups in total. The third-order valence-corrected chi connectivity index (χ3v) is 5.18. The lowest BCUT2D eigenvalue weighted by molar-refractivity contribution is -0.136. The molecule has 2 aromatic heterocycles. The molecule has 2 heterocycles. The molecule has 0 radical (unpaired) electrons. The number of carbonyl (C=O) groups excluding carboxylic acids is 1. The SMILES string of the molecule is CC(C)(O)[C@@H](CC(=O)Cc1cc2[nH]nc(OCCCC(F)(F)F)c2cn1)c1ccccc1. The van der Waals surface area contributed by atoms with Crippen molar-refractivity contribution in [1.82, 2.24) is 15.2 Å². The third-order valence-electron chi connectivity index (χ3n) is 5.18. The molecule has 3 aromatic rings. The van der Waals surface area contributed by atoms with Crippen LogP contribution in [0.5, 0.6) is 5.88 Å². The monoisotopic (exact) mass is 449 g/mol. The lowest BCUT2D eigenvalue weighted by Crippen LogP contribution is -2.31. The minimum absolute atomic E-state index is 0.0732. The van der Waals surface area contributed by atoms with Gasteiger partial charge in [0.2, 0.25) is 5.88 Å². The summed E-state index contributed by atoms with van der Waals surface area (Å²) in [5, 5.41) is 17.8. The van der Waals surface area contributed by atoms with Crippen LogP contribution in [0.15, 0.2) is 42.6 Å². The van der Waals surface area contributed by atoms with Crippen molar-refractivity contribution in [3.8, 4) is 5.88 Å². The summed E-state index contributed by atoms with van der Waals surface area (Å²) in [7, 11) is 0. The molecule has 0 spiro atoms. The number of pyridine rings is 1. The van der Waals surface area contributed by atoms with Crippen molar-refractivity contribution in [3.05, 3.63) is 53.9 Å². The molecule has 1 atom stereocenters. The zero-order valence-electron chi connectivity index (χ0n) is 17.9. The maximum Gasteiger partial charge on any atom is 0.389 e. The van der Waals surface area contributed by atoms with E-state index >= 15 is 0 Å². The van der Waals surface area contributed by atoms with Gasteiger partial charge < -0.3 is 9.84 Å². The highest BCUT2D eigenvalue weighted by atomic mass is 19.4. The van der Waals surface area contributed by atoms with Crippen molar-refractivity contribution < 1.29 is 27.8 Å². The first kappa shape index (κ1) is 23.7. The maximum atomic E-state index is 12.7. The van der Waals surface area contributed by atoms with Crippen molar-refractivity contribution in [1.29, 1.82) is 0 Å². The van der Waals surface area contributed by atoms with Crippen LogP contribution in [0, 0.1) is 0 Å². The summed E-state index contributed by atoms with van der Waals surface area (Å²) in [6.45, 7) is 3.25. The fourth-order valence-electron chi connectivity index (χ4n) is 3.54. The van der Waals surface area contributed by atoms with Crippen molar-refractivity contribution >= 4 is 16.7 Å². The Hall–Kier alpha value is -2.94. The van der Waals surface area contributed by atoms with Gasteiger partial charge >= 0.3 is 6.18 Å². The zero-order valence-corrected chi connectivity index (χ0v) is 17.9. The van der Waals surface area contributed by atoms with Gasteiger partial charge in [-0.3, -0.25) is 14.9 Å². The predicted octanol–water partition coefficient (Wildman–Crippen LogP) is 4.74. The van der Waals surface area contributed by atoms with Crippen molar-refractivity contribution in [3.63, 3.8) is 0 Å². The van der Waals surface area contributed by atoms with Gasteiger partial charge in [-0.1, -0.05) is 30.3 Å². The fraction of sp³-hybridized carbons (Fsp3) is 0.435. The van der Waals surface area contributed by atoms with Crippen LogP contribution in [0.4, 0.5) is 13.2 Å². The normalized spacial score (nSPS) is 13.3. The van der Waals surface area contributed by atoms with Gasteiger partial charge in [-0.25, -0.2) is 0 Å². The summed E-state index contributed by atoms with van der Waals surface area (Å²) < 4.78 is 42.0. The summed E-state index contributed by atoms with van der Waals surface area (Å²) in [4.78, 5) is 17.0. The third kappa shape index (κ3) is 6.53. The topological polar surface area (TPSA) is 88.1 Å². The van der Waals surface area contributed by atoms with Crippen LogP contribution in [0.2, 0.25) is 0 Å². The van der Waals surface area contributed by atoms with Gasteiger partial charge in [0.15, 0.2) is 0 Å². The molecular formula is C23H26F3N3O3. The number of carbonyl (C=O) groups is 1. The van der Waals surface area contributed by atoms with Crippen LogP contribution < -0.4 is 4.74 Å². The highest BCUT2D eigenvalue weighted by Gasteiger charge is 2.30. The van der Waals surface area contributed by atoms with Crippen LogP contribution in [-0.2, 0) is 11.2 Å². The van der Waals surface area contributed by atoms with Crippen LogP contribution in [0.1, 0.15) is 50.3 Å². The maximum absolute atomic E-state index is 12.7. The van der Waals surface area contributed by atoms with Crippen molar-refractivity contribution in [2.45, 2.75) is 57.2 Å². The van der Waals surface area contributed by atoms with E-state index in [0.29, 0.717) is 16.6 Å². The smallest absolute Gasteiger partial charge is 0.389 e. The van der Waals surface area contributed by atoms with Gasteiger partial charge in [-0.05, 0) is 31.9 Å². The van der Waals surface area contributed by atoms with Gasteiger partial charge in [0.05, 0.1) is 23.1 Å². The van der Waals surface area contributed by atoms with E-state index in [1.807, 2.05) is 30.3 Å². The number of halogens is 3. The number of hydrogen-bond acceptors (Lipinski definition) is 5. The molecular weight excluding hydrogens is 423 g/mol. The molecule has 0 fully saturated rings. The van der Waals surface area contributed by atoms with Gasteiger partial charge in [0.1, 0.15) is 5.78 Å². The number of aromatic nitrogens is 3. The molecule has 0 aliphatic heterocycles. The quantitative estimate of drug-likeness (QED) is 0.437. The first-order valence-corrected chi connectivity index (χ1v) is 10.3. The molecule has 0 unspecified atom stereocenters. The second-order valence-electron chi connectivity index (χ2n) is 8.35. The highest BCUT2D eigenvalue weighted by molar-refractivity contribution is 5.86. The molecule has 1 aromatic carbocycles. The molecule has 3 rings (SSSR count).